The van der Waals surface area contributed by atoms with Gasteiger partial charge in [-0.25, -0.2) is 0 Å². The fourth-order valence-corrected chi connectivity index (χ4v) is 1.11. The molecule has 0 heterocycles. The van der Waals surface area contributed by atoms with Crippen LogP contribution < -0.4 is 0 Å². The predicted octanol–water partition coefficient (Wildman–Crippen LogP) is 1.42. The Balaban J connectivity index is 3.59. The highest BCUT2D eigenvalue weighted by Gasteiger charge is 2.35. The van der Waals surface area contributed by atoms with Gasteiger partial charge < -0.3 is 20.1 Å². The summed E-state index contributed by atoms with van der Waals surface area (Å²) in [7, 11) is 0. The molecule has 0 amide bonds. The largest absolute Gasteiger partial charge is 0.387 e. The van der Waals surface area contributed by atoms with Crippen LogP contribution in [0.5, 0.6) is 0 Å². The van der Waals surface area contributed by atoms with Gasteiger partial charge in [0.05, 0.1) is 11.2 Å². The van der Waals surface area contributed by atoms with Crippen LogP contribution in [0.25, 0.3) is 0 Å². The lowest BCUT2D eigenvalue weighted by Crippen LogP contribution is -2.47. The van der Waals surface area contributed by atoms with Gasteiger partial charge in [0, 0.05) is 6.61 Å². The molecule has 0 radical (unpaired) electrons. The number of ether oxygens (including phenoxy) is 1. The molecule has 3 N–H and O–H groups in total. The molecule has 0 saturated carbocycles. The maximum absolute atomic E-state index is 9.83. The minimum atomic E-state index is -1.20. The first-order chi connectivity index (χ1) is 7.17. The highest BCUT2D eigenvalue weighted by molar-refractivity contribution is 4.87. The third-order valence-corrected chi connectivity index (χ3v) is 3.04. The molecule has 0 aliphatic rings. The van der Waals surface area contributed by atoms with Gasteiger partial charge in [-0.1, -0.05) is 6.42 Å². The highest BCUT2D eigenvalue weighted by atomic mass is 16.5. The molecule has 16 heavy (non-hydrogen) atoms. The van der Waals surface area contributed by atoms with Crippen molar-refractivity contribution in [1.29, 1.82) is 0 Å². The van der Waals surface area contributed by atoms with Gasteiger partial charge in [-0.15, -0.1) is 0 Å². The van der Waals surface area contributed by atoms with Gasteiger partial charge in [-0.2, -0.15) is 0 Å². The van der Waals surface area contributed by atoms with Gasteiger partial charge in [0.2, 0.25) is 0 Å². The molecule has 0 rings (SSSR count). The van der Waals surface area contributed by atoms with Gasteiger partial charge in [-0.05, 0) is 47.0 Å². The van der Waals surface area contributed by atoms with Crippen molar-refractivity contribution in [3.05, 3.63) is 0 Å². The van der Waals surface area contributed by atoms with Crippen molar-refractivity contribution in [1.82, 2.24) is 0 Å². The average molecular weight is 234 g/mol. The average Bonchev–Trinajstić information content (AvgIpc) is 2.08. The fraction of sp³-hybridized carbons (Fsp3) is 1.00. The second-order valence-corrected chi connectivity index (χ2v) is 5.25. The summed E-state index contributed by atoms with van der Waals surface area (Å²) in [5.41, 5.74) is -1.43. The topological polar surface area (TPSA) is 69.9 Å². The van der Waals surface area contributed by atoms with E-state index < -0.39 is 17.5 Å². The van der Waals surface area contributed by atoms with Gasteiger partial charge in [0.1, 0.15) is 0 Å². The number of aliphatic hydroxyl groups is 3. The molecule has 0 fully saturated rings. The summed E-state index contributed by atoms with van der Waals surface area (Å²) in [6.45, 7) is 7.78. The van der Waals surface area contributed by atoms with Crippen molar-refractivity contribution < 1.29 is 20.1 Å². The molecule has 4 nitrogen and oxygen atoms in total. The Labute approximate surface area is 98.2 Å². The standard InChI is InChI=1S/C12H26O4/c1-11(2,15)12(3,4)16-9-7-5-6-8-10(13)14/h10,13-15H,5-9H2,1-4H3. The Morgan fingerprint density at radius 3 is 2.00 bits per heavy atom. The maximum Gasteiger partial charge on any atom is 0.151 e. The van der Waals surface area contributed by atoms with Crippen LogP contribution >= 0.6 is 0 Å². The predicted molar refractivity (Wildman–Crippen MR) is 63.0 cm³/mol. The Kier molecular flexibility index (Phi) is 6.48. The second kappa shape index (κ2) is 6.55. The minimum absolute atomic E-state index is 0.412. The van der Waals surface area contributed by atoms with Crippen molar-refractivity contribution in [2.24, 2.45) is 0 Å². The summed E-state index contributed by atoms with van der Waals surface area (Å²) in [4.78, 5) is 0. The lowest BCUT2D eigenvalue weighted by atomic mass is 9.89. The van der Waals surface area contributed by atoms with E-state index >= 15 is 0 Å². The lowest BCUT2D eigenvalue weighted by Gasteiger charge is -2.37. The van der Waals surface area contributed by atoms with E-state index in [1.165, 1.54) is 0 Å². The van der Waals surface area contributed by atoms with Crippen LogP contribution in [-0.4, -0.2) is 39.4 Å². The molecular formula is C12H26O4. The zero-order chi connectivity index (χ0) is 12.8. The van der Waals surface area contributed by atoms with Crippen LogP contribution in [0.4, 0.5) is 0 Å². The molecule has 0 aromatic heterocycles. The van der Waals surface area contributed by atoms with E-state index in [0.29, 0.717) is 13.0 Å². The summed E-state index contributed by atoms with van der Waals surface area (Å²) in [6, 6.07) is 0. The van der Waals surface area contributed by atoms with Gasteiger partial charge in [-0.3, -0.25) is 0 Å². The molecule has 0 saturated heterocycles. The molecule has 0 aliphatic heterocycles. The summed E-state index contributed by atoms with van der Waals surface area (Å²) < 4.78 is 5.63. The van der Waals surface area contributed by atoms with Crippen molar-refractivity contribution in [2.45, 2.75) is 70.9 Å². The summed E-state index contributed by atoms with van der Waals surface area (Å²) in [5.74, 6) is 0. The second-order valence-electron chi connectivity index (χ2n) is 5.25. The van der Waals surface area contributed by atoms with E-state index in [4.69, 9.17) is 14.9 Å². The van der Waals surface area contributed by atoms with Gasteiger partial charge >= 0.3 is 0 Å². The molecular weight excluding hydrogens is 208 g/mol. The number of rotatable bonds is 8. The summed E-state index contributed by atoms with van der Waals surface area (Å²) in [6.07, 6.45) is 1.76. The Hall–Kier alpha value is -0.160. The van der Waals surface area contributed by atoms with Crippen molar-refractivity contribution >= 4 is 0 Å². The van der Waals surface area contributed by atoms with Gasteiger partial charge in [0.15, 0.2) is 6.29 Å². The third-order valence-electron chi connectivity index (χ3n) is 3.04. The van der Waals surface area contributed by atoms with E-state index in [2.05, 4.69) is 0 Å². The lowest BCUT2D eigenvalue weighted by molar-refractivity contribution is -0.147. The number of hydrogen-bond acceptors (Lipinski definition) is 4. The molecule has 0 aromatic carbocycles. The van der Waals surface area contributed by atoms with Crippen LogP contribution in [0.15, 0.2) is 0 Å². The van der Waals surface area contributed by atoms with Crippen LogP contribution in [0, 0.1) is 0 Å². The SMILES string of the molecule is CC(C)(O)C(C)(C)OCCCCCC(O)O. The first kappa shape index (κ1) is 15.8. The molecule has 4 heteroatoms. The summed E-state index contributed by atoms with van der Waals surface area (Å²) >= 11 is 0. The Morgan fingerprint density at radius 2 is 1.56 bits per heavy atom. The highest BCUT2D eigenvalue weighted by Crippen LogP contribution is 2.25. The normalized spacial score (nSPS) is 13.5. The van der Waals surface area contributed by atoms with Gasteiger partial charge in [0.25, 0.3) is 0 Å². The molecule has 0 atom stereocenters. The number of unbranched alkanes of at least 4 members (excludes halogenated alkanes) is 2. The molecule has 0 aliphatic carbocycles. The molecule has 98 valence electrons. The maximum atomic E-state index is 9.83. The molecule has 0 aromatic rings. The molecule has 0 unspecified atom stereocenters. The van der Waals surface area contributed by atoms with Crippen LogP contribution in [0.3, 0.4) is 0 Å². The molecule has 0 bridgehead atoms. The minimum Gasteiger partial charge on any atom is -0.387 e. The van der Waals surface area contributed by atoms with E-state index in [1.807, 2.05) is 13.8 Å². The van der Waals surface area contributed by atoms with Crippen molar-refractivity contribution in [3.63, 3.8) is 0 Å². The van der Waals surface area contributed by atoms with E-state index in [-0.39, 0.29) is 0 Å². The van der Waals surface area contributed by atoms with Crippen molar-refractivity contribution in [3.8, 4) is 0 Å². The monoisotopic (exact) mass is 234 g/mol. The smallest absolute Gasteiger partial charge is 0.151 e. The quantitative estimate of drug-likeness (QED) is 0.439. The Bertz CT molecular complexity index is 182. The molecule has 0 spiro atoms. The fourth-order valence-electron chi connectivity index (χ4n) is 1.11. The summed E-state index contributed by atoms with van der Waals surface area (Å²) in [5, 5.41) is 27.1. The Morgan fingerprint density at radius 1 is 1.00 bits per heavy atom. The number of aliphatic hydroxyl groups excluding tert-OH is 1. The van der Waals surface area contributed by atoms with E-state index in [0.717, 1.165) is 19.3 Å². The van der Waals surface area contributed by atoms with Crippen molar-refractivity contribution in [2.75, 3.05) is 6.61 Å². The van der Waals surface area contributed by atoms with E-state index in [9.17, 15) is 5.11 Å². The first-order valence-corrected chi connectivity index (χ1v) is 5.89. The zero-order valence-electron chi connectivity index (χ0n) is 10.9. The third kappa shape index (κ3) is 6.43. The first-order valence-electron chi connectivity index (χ1n) is 5.89. The van der Waals surface area contributed by atoms with E-state index in [1.54, 1.807) is 13.8 Å². The number of hydrogen-bond donors (Lipinski definition) is 3. The van der Waals surface area contributed by atoms with Crippen LogP contribution in [0.1, 0.15) is 53.4 Å². The zero-order valence-corrected chi connectivity index (χ0v) is 10.9. The van der Waals surface area contributed by atoms with Crippen LogP contribution in [-0.2, 0) is 4.74 Å². The van der Waals surface area contributed by atoms with Crippen LogP contribution in [0.2, 0.25) is 0 Å².